The van der Waals surface area contributed by atoms with Crippen LogP contribution in [0.4, 0.5) is 0 Å². The Balaban J connectivity index is 2.37. The van der Waals surface area contributed by atoms with Crippen LogP contribution in [0.5, 0.6) is 0 Å². The molecule has 1 aromatic carbocycles. The number of imidazole rings is 1. The van der Waals surface area contributed by atoms with Gasteiger partial charge in [0.1, 0.15) is 11.4 Å². The molecule has 0 fully saturated rings. The Labute approximate surface area is 131 Å². The van der Waals surface area contributed by atoms with Crippen LogP contribution in [-0.2, 0) is 17.4 Å². The van der Waals surface area contributed by atoms with E-state index in [0.29, 0.717) is 11.6 Å². The Morgan fingerprint density at radius 3 is 2.71 bits per heavy atom. The average Bonchev–Trinajstić information content (AvgIpc) is 2.85. The molecule has 0 aliphatic heterocycles. The highest BCUT2D eigenvalue weighted by Gasteiger charge is 2.34. The van der Waals surface area contributed by atoms with Crippen LogP contribution in [-0.4, -0.2) is 41.7 Å². The molecule has 0 aliphatic rings. The van der Waals surface area contributed by atoms with Gasteiger partial charge in [0, 0.05) is 31.0 Å². The largest absolute Gasteiger partial charge is 0.361 e. The van der Waals surface area contributed by atoms with Crippen LogP contribution in [0.25, 0.3) is 0 Å². The van der Waals surface area contributed by atoms with Crippen LogP contribution in [0.1, 0.15) is 18.3 Å². The van der Waals surface area contributed by atoms with Crippen molar-refractivity contribution in [1.82, 2.24) is 14.5 Å². The first-order valence-corrected chi connectivity index (χ1v) is 7.34. The van der Waals surface area contributed by atoms with Crippen molar-refractivity contribution in [3.63, 3.8) is 0 Å². The molecule has 4 nitrogen and oxygen atoms in total. The lowest BCUT2D eigenvalue weighted by Gasteiger charge is -2.30. The minimum absolute atomic E-state index is 0.614. The van der Waals surface area contributed by atoms with Crippen molar-refractivity contribution in [3.8, 4) is 0 Å². The second kappa shape index (κ2) is 6.60. The fourth-order valence-electron chi connectivity index (χ4n) is 2.32. The summed E-state index contributed by atoms with van der Waals surface area (Å²) in [7, 11) is 6.03. The summed E-state index contributed by atoms with van der Waals surface area (Å²) in [6.07, 6.45) is 3.71. The molecule has 0 saturated carbocycles. The second-order valence-corrected chi connectivity index (χ2v) is 5.99. The number of likely N-dealkylation sites (N-methyl/N-ethyl adjacent to an activating group) is 1. The number of rotatable bonds is 6. The Bertz CT molecular complexity index is 597. The normalized spacial score (nSPS) is 14.4. The fraction of sp³-hybridized carbons (Fsp3) is 0.438. The fourth-order valence-corrected chi connectivity index (χ4v) is 2.51. The van der Waals surface area contributed by atoms with Crippen LogP contribution in [0.15, 0.2) is 36.7 Å². The number of aromatic nitrogens is 2. The molecule has 1 unspecified atom stereocenters. The summed E-state index contributed by atoms with van der Waals surface area (Å²) in [5, 5.41) is 0.698. The zero-order valence-corrected chi connectivity index (χ0v) is 13.8. The lowest BCUT2D eigenvalue weighted by Crippen LogP contribution is -2.33. The molecule has 21 heavy (non-hydrogen) atoms. The lowest BCUT2D eigenvalue weighted by atomic mass is 9.94. The zero-order chi connectivity index (χ0) is 15.5. The standard InChI is InChI=1S/C16H22ClN3O/c1-16(21-11-10-19(2)3,15-18-8-9-20(15)4)13-6-5-7-14(17)12-13/h5-9,12H,10-11H2,1-4H3. The molecule has 0 radical (unpaired) electrons. The minimum Gasteiger partial charge on any atom is -0.361 e. The van der Waals surface area contributed by atoms with Crippen LogP contribution < -0.4 is 0 Å². The molecule has 1 heterocycles. The first-order chi connectivity index (χ1) is 9.93. The van der Waals surface area contributed by atoms with Gasteiger partial charge in [0.25, 0.3) is 0 Å². The van der Waals surface area contributed by atoms with Gasteiger partial charge in [-0.05, 0) is 38.7 Å². The molecule has 1 atom stereocenters. The predicted molar refractivity (Wildman–Crippen MR) is 85.6 cm³/mol. The molecule has 2 aromatic rings. The lowest BCUT2D eigenvalue weighted by molar-refractivity contribution is -0.0179. The molecule has 5 heteroatoms. The Hall–Kier alpha value is -1.36. The van der Waals surface area contributed by atoms with Crippen LogP contribution in [0.3, 0.4) is 0 Å². The number of aryl methyl sites for hydroxylation is 1. The van der Waals surface area contributed by atoms with Crippen molar-refractivity contribution in [1.29, 1.82) is 0 Å². The molecule has 0 bridgehead atoms. The molecule has 0 N–H and O–H groups in total. The van der Waals surface area contributed by atoms with Crippen molar-refractivity contribution >= 4 is 11.6 Å². The third-order valence-electron chi connectivity index (χ3n) is 3.55. The quantitative estimate of drug-likeness (QED) is 0.822. The number of halogens is 1. The van der Waals surface area contributed by atoms with E-state index < -0.39 is 5.60 Å². The van der Waals surface area contributed by atoms with E-state index in [-0.39, 0.29) is 0 Å². The van der Waals surface area contributed by atoms with Crippen molar-refractivity contribution in [3.05, 3.63) is 53.1 Å². The molecule has 114 valence electrons. The third kappa shape index (κ3) is 3.64. The Morgan fingerprint density at radius 2 is 2.14 bits per heavy atom. The van der Waals surface area contributed by atoms with E-state index in [9.17, 15) is 0 Å². The maximum absolute atomic E-state index is 6.22. The summed E-state index contributed by atoms with van der Waals surface area (Å²) in [5.74, 6) is 0.864. The van der Waals surface area contributed by atoms with Crippen molar-refractivity contribution < 1.29 is 4.74 Å². The highest BCUT2D eigenvalue weighted by atomic mass is 35.5. The van der Waals surface area contributed by atoms with Crippen molar-refractivity contribution in [2.45, 2.75) is 12.5 Å². The molecular weight excluding hydrogens is 286 g/mol. The first kappa shape index (κ1) is 16.0. The molecular formula is C16H22ClN3O. The summed E-state index contributed by atoms with van der Waals surface area (Å²) in [6, 6.07) is 7.76. The van der Waals surface area contributed by atoms with Gasteiger partial charge in [0.15, 0.2) is 0 Å². The maximum Gasteiger partial charge on any atom is 0.148 e. The third-order valence-corrected chi connectivity index (χ3v) is 3.79. The topological polar surface area (TPSA) is 30.3 Å². The zero-order valence-electron chi connectivity index (χ0n) is 13.0. The van der Waals surface area contributed by atoms with E-state index in [1.807, 2.05) is 63.1 Å². The Morgan fingerprint density at radius 1 is 1.38 bits per heavy atom. The minimum atomic E-state index is -0.626. The molecule has 1 aromatic heterocycles. The molecule has 2 rings (SSSR count). The van der Waals surface area contributed by atoms with Gasteiger partial charge in [-0.3, -0.25) is 0 Å². The second-order valence-electron chi connectivity index (χ2n) is 5.56. The van der Waals surface area contributed by atoms with E-state index in [0.717, 1.165) is 17.9 Å². The summed E-state index contributed by atoms with van der Waals surface area (Å²) < 4.78 is 8.21. The van der Waals surface area contributed by atoms with Crippen LogP contribution in [0, 0.1) is 0 Å². The number of benzene rings is 1. The molecule has 0 aliphatic carbocycles. The van der Waals surface area contributed by atoms with Gasteiger partial charge in [-0.2, -0.15) is 0 Å². The molecule has 0 spiro atoms. The van der Waals surface area contributed by atoms with Crippen molar-refractivity contribution in [2.24, 2.45) is 7.05 Å². The average molecular weight is 308 g/mol. The summed E-state index contributed by atoms with van der Waals surface area (Å²) in [4.78, 5) is 6.57. The summed E-state index contributed by atoms with van der Waals surface area (Å²) in [6.45, 7) is 3.50. The molecule has 0 amide bonds. The summed E-state index contributed by atoms with van der Waals surface area (Å²) >= 11 is 6.15. The smallest absolute Gasteiger partial charge is 0.148 e. The van der Waals surface area contributed by atoms with E-state index >= 15 is 0 Å². The van der Waals surface area contributed by atoms with Gasteiger partial charge < -0.3 is 14.2 Å². The highest BCUT2D eigenvalue weighted by molar-refractivity contribution is 6.30. The van der Waals surface area contributed by atoms with Gasteiger partial charge in [-0.15, -0.1) is 0 Å². The van der Waals surface area contributed by atoms with Gasteiger partial charge in [-0.1, -0.05) is 23.7 Å². The first-order valence-electron chi connectivity index (χ1n) is 6.96. The monoisotopic (exact) mass is 307 g/mol. The van der Waals surface area contributed by atoms with Gasteiger partial charge in [0.2, 0.25) is 0 Å². The van der Waals surface area contributed by atoms with E-state index in [2.05, 4.69) is 9.88 Å². The van der Waals surface area contributed by atoms with Crippen LogP contribution >= 0.6 is 11.6 Å². The van der Waals surface area contributed by atoms with Crippen LogP contribution in [0.2, 0.25) is 5.02 Å². The SMILES string of the molecule is CN(C)CCOC(C)(c1cccc(Cl)c1)c1nccn1C. The number of ether oxygens (including phenoxy) is 1. The van der Waals surface area contributed by atoms with E-state index in [4.69, 9.17) is 16.3 Å². The van der Waals surface area contributed by atoms with E-state index in [1.54, 1.807) is 6.20 Å². The molecule has 0 saturated heterocycles. The van der Waals surface area contributed by atoms with Gasteiger partial charge >= 0.3 is 0 Å². The highest BCUT2D eigenvalue weighted by Crippen LogP contribution is 2.33. The van der Waals surface area contributed by atoms with Gasteiger partial charge in [-0.25, -0.2) is 4.98 Å². The Kier molecular flexibility index (Phi) is 5.04. The maximum atomic E-state index is 6.22. The number of hydrogen-bond acceptors (Lipinski definition) is 3. The van der Waals surface area contributed by atoms with Crippen molar-refractivity contribution in [2.75, 3.05) is 27.2 Å². The summed E-state index contributed by atoms with van der Waals surface area (Å²) in [5.41, 5.74) is 0.377. The number of hydrogen-bond donors (Lipinski definition) is 0. The van der Waals surface area contributed by atoms with E-state index in [1.165, 1.54) is 0 Å². The predicted octanol–water partition coefficient (Wildman–Crippen LogP) is 2.92. The van der Waals surface area contributed by atoms with Gasteiger partial charge in [0.05, 0.1) is 6.61 Å². The number of nitrogens with zero attached hydrogens (tertiary/aromatic N) is 3.